The van der Waals surface area contributed by atoms with Gasteiger partial charge in [-0.2, -0.15) is 0 Å². The number of halogens is 1. The fourth-order valence-electron chi connectivity index (χ4n) is 5.17. The number of carbonyl (C=O) groups excluding carboxylic acids is 1. The fraction of sp³-hybridized carbons (Fsp3) is 0.448. The molecule has 0 bridgehead atoms. The summed E-state index contributed by atoms with van der Waals surface area (Å²) in [5, 5.41) is 4.83. The molecule has 10 heteroatoms. The molecule has 1 amide bonds. The molecule has 39 heavy (non-hydrogen) atoms. The Morgan fingerprint density at radius 3 is 2.44 bits per heavy atom. The Balaban J connectivity index is 1.45. The summed E-state index contributed by atoms with van der Waals surface area (Å²) in [5.74, 6) is 0.340. The lowest BCUT2D eigenvalue weighted by molar-refractivity contribution is 0.0570. The van der Waals surface area contributed by atoms with E-state index in [4.69, 9.17) is 4.74 Å². The van der Waals surface area contributed by atoms with Crippen molar-refractivity contribution in [3.63, 3.8) is 0 Å². The average Bonchev–Trinajstić information content (AvgIpc) is 3.63. The molecule has 1 saturated carbocycles. The van der Waals surface area contributed by atoms with E-state index in [0.717, 1.165) is 35.2 Å². The summed E-state index contributed by atoms with van der Waals surface area (Å²) in [7, 11) is 0.397. The van der Waals surface area contributed by atoms with Gasteiger partial charge in [-0.25, -0.2) is 9.18 Å². The van der Waals surface area contributed by atoms with Crippen LogP contribution in [-0.2, 0) is 22.6 Å². The summed E-state index contributed by atoms with van der Waals surface area (Å²) in [6, 6.07) is 9.94. The topological polar surface area (TPSA) is 83.9 Å². The normalized spacial score (nSPS) is 18.1. The Morgan fingerprint density at radius 1 is 1.10 bits per heavy atom. The van der Waals surface area contributed by atoms with E-state index in [9.17, 15) is 18.2 Å². The number of hydrogen-bond acceptors (Lipinski definition) is 6. The van der Waals surface area contributed by atoms with Crippen molar-refractivity contribution in [2.24, 2.45) is 7.05 Å². The molecule has 1 N–H and O–H groups in total. The summed E-state index contributed by atoms with van der Waals surface area (Å²) >= 11 is 0. The minimum atomic E-state index is -1.38. The van der Waals surface area contributed by atoms with E-state index in [0.29, 0.717) is 42.1 Å². The van der Waals surface area contributed by atoms with Crippen molar-refractivity contribution in [2.45, 2.75) is 50.2 Å². The van der Waals surface area contributed by atoms with Crippen LogP contribution in [0.25, 0.3) is 10.8 Å². The lowest BCUT2D eigenvalue weighted by atomic mass is 9.97. The number of piperazine rings is 1. The number of ether oxygens (including phenoxy) is 1. The Bertz CT molecular complexity index is 1530. The minimum Gasteiger partial charge on any atom is -0.443 e. The van der Waals surface area contributed by atoms with Crippen LogP contribution in [0.2, 0.25) is 0 Å². The van der Waals surface area contributed by atoms with Gasteiger partial charge in [-0.15, -0.1) is 0 Å². The van der Waals surface area contributed by atoms with E-state index in [-0.39, 0.29) is 23.3 Å². The van der Waals surface area contributed by atoms with Crippen molar-refractivity contribution in [3.05, 3.63) is 63.7 Å². The number of fused-ring (bicyclic) bond motifs is 1. The number of amides is 1. The van der Waals surface area contributed by atoms with E-state index in [1.165, 1.54) is 18.4 Å². The molecule has 2 fully saturated rings. The number of nitrogens with zero attached hydrogens (tertiary/aromatic N) is 3. The van der Waals surface area contributed by atoms with Gasteiger partial charge in [-0.05, 0) is 80.5 Å². The average molecular weight is 555 g/mol. The third-order valence-corrected chi connectivity index (χ3v) is 8.71. The number of aryl methyl sites for hydroxylation is 1. The number of pyridine rings is 1. The molecule has 2 aliphatic rings. The van der Waals surface area contributed by atoms with E-state index in [1.807, 2.05) is 39.0 Å². The molecular weight excluding hydrogens is 519 g/mol. The van der Waals surface area contributed by atoms with Crippen LogP contribution in [0.3, 0.4) is 0 Å². The molecule has 8 nitrogen and oxygen atoms in total. The smallest absolute Gasteiger partial charge is 0.410 e. The van der Waals surface area contributed by atoms with Crippen molar-refractivity contribution in [3.8, 4) is 0 Å². The van der Waals surface area contributed by atoms with Gasteiger partial charge in [-0.3, -0.25) is 13.6 Å². The Kier molecular flexibility index (Phi) is 7.17. The monoisotopic (exact) mass is 554 g/mol. The molecule has 2 atom stereocenters. The molecule has 0 radical (unpaired) electrons. The van der Waals surface area contributed by atoms with E-state index in [1.54, 1.807) is 22.6 Å². The third kappa shape index (κ3) is 5.52. The summed E-state index contributed by atoms with van der Waals surface area (Å²) < 4.78 is 33.4. The lowest BCUT2D eigenvalue weighted by Gasteiger charge is -2.36. The van der Waals surface area contributed by atoms with Crippen molar-refractivity contribution < 1.29 is 18.1 Å². The first-order chi connectivity index (χ1) is 18.5. The zero-order chi connectivity index (χ0) is 28.1. The summed E-state index contributed by atoms with van der Waals surface area (Å²) in [6.45, 7) is 8.08. The molecule has 2 heterocycles. The zero-order valence-corrected chi connectivity index (χ0v) is 23.9. The van der Waals surface area contributed by atoms with Crippen molar-refractivity contribution in [1.29, 1.82) is 0 Å². The number of hydrogen-bond donors (Lipinski definition) is 1. The second kappa shape index (κ2) is 10.3. The highest BCUT2D eigenvalue weighted by atomic mass is 32.2. The zero-order valence-electron chi connectivity index (χ0n) is 23.0. The van der Waals surface area contributed by atoms with Gasteiger partial charge in [0.2, 0.25) is 0 Å². The quantitative estimate of drug-likeness (QED) is 0.475. The number of benzene rings is 2. The van der Waals surface area contributed by atoms with Crippen LogP contribution in [0.4, 0.5) is 20.7 Å². The highest BCUT2D eigenvalue weighted by Crippen LogP contribution is 2.39. The molecule has 1 aliphatic heterocycles. The van der Waals surface area contributed by atoms with Crippen molar-refractivity contribution in [1.82, 2.24) is 9.47 Å². The number of rotatable bonds is 6. The molecule has 1 saturated heterocycles. The van der Waals surface area contributed by atoms with Gasteiger partial charge >= 0.3 is 6.09 Å². The van der Waals surface area contributed by atoms with Crippen LogP contribution in [0.5, 0.6) is 0 Å². The third-order valence-electron chi connectivity index (χ3n) is 7.75. The number of aromatic nitrogens is 1. The van der Waals surface area contributed by atoms with Gasteiger partial charge in [-0.1, -0.05) is 6.07 Å². The van der Waals surface area contributed by atoms with Gasteiger partial charge in [0.05, 0.1) is 21.4 Å². The predicted molar refractivity (Wildman–Crippen MR) is 153 cm³/mol. The first-order valence-corrected chi connectivity index (χ1v) is 14.8. The highest BCUT2D eigenvalue weighted by molar-refractivity contribution is 7.84. The van der Waals surface area contributed by atoms with Crippen LogP contribution in [0.1, 0.15) is 43.9 Å². The highest BCUT2D eigenvalue weighted by Gasteiger charge is 2.43. The van der Waals surface area contributed by atoms with E-state index < -0.39 is 16.6 Å². The standard InChI is InChI=1S/C29H35FN4O4S/c1-18-14-21(19(2)31-24-7-6-20(30)16-25(24)39(5)37)22-17-26(32(4)27(35)23(22)15-18)33-10-12-34(13-11-33)28(36)38-29(3)8-9-29/h6-7,14-17,19,31H,8-13H2,1-5H3/t19-,39?/m1/s1. The molecule has 5 rings (SSSR count). The largest absolute Gasteiger partial charge is 0.443 e. The van der Waals surface area contributed by atoms with Gasteiger partial charge in [0.15, 0.2) is 0 Å². The van der Waals surface area contributed by atoms with Crippen molar-refractivity contribution >= 4 is 39.2 Å². The summed E-state index contributed by atoms with van der Waals surface area (Å²) in [4.78, 5) is 30.4. The van der Waals surface area contributed by atoms with E-state index in [2.05, 4.69) is 10.2 Å². The SMILES string of the molecule is Cc1cc([C@@H](C)Nc2ccc(F)cc2S(C)=O)c2cc(N3CCN(C(=O)OC4(C)CC4)CC3)n(C)c(=O)c2c1. The molecule has 2 aromatic carbocycles. The molecule has 1 aliphatic carbocycles. The van der Waals surface area contributed by atoms with Crippen LogP contribution in [0.15, 0.2) is 46.1 Å². The maximum atomic E-state index is 13.8. The molecule has 208 valence electrons. The van der Waals surface area contributed by atoms with E-state index >= 15 is 0 Å². The minimum absolute atomic E-state index is 0.0970. The Morgan fingerprint density at radius 2 is 1.79 bits per heavy atom. The lowest BCUT2D eigenvalue weighted by Crippen LogP contribution is -2.50. The van der Waals surface area contributed by atoms with Crippen LogP contribution < -0.4 is 15.8 Å². The first kappa shape index (κ1) is 27.2. The van der Waals surface area contributed by atoms with Crippen LogP contribution in [-0.4, -0.2) is 57.8 Å². The second-order valence-corrected chi connectivity index (χ2v) is 12.3. The van der Waals surface area contributed by atoms with Gasteiger partial charge < -0.3 is 19.9 Å². The van der Waals surface area contributed by atoms with Gasteiger partial charge in [0.1, 0.15) is 17.2 Å². The number of carbonyl (C=O) groups is 1. The molecule has 3 aromatic rings. The summed E-state index contributed by atoms with van der Waals surface area (Å²) in [6.07, 6.45) is 3.07. The predicted octanol–water partition coefficient (Wildman–Crippen LogP) is 4.71. The first-order valence-electron chi connectivity index (χ1n) is 13.2. The van der Waals surface area contributed by atoms with Crippen LogP contribution in [0, 0.1) is 12.7 Å². The second-order valence-electron chi connectivity index (χ2n) is 10.9. The Hall–Kier alpha value is -3.40. The van der Waals surface area contributed by atoms with Gasteiger partial charge in [0.25, 0.3) is 5.56 Å². The molecule has 1 aromatic heterocycles. The Labute approximate surface area is 230 Å². The van der Waals surface area contributed by atoms with Gasteiger partial charge in [0, 0.05) is 50.9 Å². The maximum Gasteiger partial charge on any atom is 0.410 e. The molecular formula is C29H35FN4O4S. The van der Waals surface area contributed by atoms with Crippen molar-refractivity contribution in [2.75, 3.05) is 42.7 Å². The maximum absolute atomic E-state index is 13.8. The number of anilines is 2. The molecule has 0 spiro atoms. The van der Waals surface area contributed by atoms with Crippen LogP contribution >= 0.6 is 0 Å². The molecule has 1 unspecified atom stereocenters. The number of nitrogens with one attached hydrogen (secondary N) is 1. The fourth-order valence-corrected chi connectivity index (χ4v) is 5.89. The summed E-state index contributed by atoms with van der Waals surface area (Å²) in [5.41, 5.74) is 2.05.